The van der Waals surface area contributed by atoms with Crippen LogP contribution in [0.15, 0.2) is 29.2 Å². The summed E-state index contributed by atoms with van der Waals surface area (Å²) in [5.41, 5.74) is 1.00. The van der Waals surface area contributed by atoms with Gasteiger partial charge < -0.3 is 4.79 Å². The fraction of sp³-hybridized carbons (Fsp3) is 0.462. The van der Waals surface area contributed by atoms with Crippen molar-refractivity contribution in [3.63, 3.8) is 0 Å². The van der Waals surface area contributed by atoms with Crippen LogP contribution in [-0.2, 0) is 14.8 Å². The monoisotopic (exact) mass is 269 g/mol. The second-order valence-corrected chi connectivity index (χ2v) is 6.40. The maximum Gasteiger partial charge on any atom is 0.240 e. The number of carbonyl (C=O) groups is 1. The van der Waals surface area contributed by atoms with E-state index in [0.717, 1.165) is 11.8 Å². The van der Waals surface area contributed by atoms with E-state index < -0.39 is 10.0 Å². The van der Waals surface area contributed by atoms with E-state index in [4.69, 9.17) is 0 Å². The van der Waals surface area contributed by atoms with Crippen LogP contribution in [0.3, 0.4) is 0 Å². The molecule has 0 saturated carbocycles. The Morgan fingerprint density at radius 1 is 1.22 bits per heavy atom. The van der Waals surface area contributed by atoms with Gasteiger partial charge in [-0.3, -0.25) is 0 Å². The third-order valence-corrected chi connectivity index (χ3v) is 4.30. The number of aryl methyl sites for hydroxylation is 1. The van der Waals surface area contributed by atoms with Crippen LogP contribution in [0.1, 0.15) is 25.8 Å². The van der Waals surface area contributed by atoms with Gasteiger partial charge in [0.25, 0.3) is 0 Å². The molecule has 0 radical (unpaired) electrons. The highest BCUT2D eigenvalue weighted by Gasteiger charge is 2.21. The normalized spacial score (nSPS) is 13.6. The van der Waals surface area contributed by atoms with Crippen LogP contribution in [0.2, 0.25) is 0 Å². The summed E-state index contributed by atoms with van der Waals surface area (Å²) in [6.07, 6.45) is 0.922. The van der Waals surface area contributed by atoms with Crippen molar-refractivity contribution in [2.75, 3.05) is 0 Å². The summed E-state index contributed by atoms with van der Waals surface area (Å²) in [5, 5.41) is 0. The summed E-state index contributed by atoms with van der Waals surface area (Å²) in [6, 6.07) is 6.26. The molecule has 1 atom stereocenters. The molecule has 0 amide bonds. The highest BCUT2D eigenvalue weighted by Crippen LogP contribution is 2.13. The van der Waals surface area contributed by atoms with Crippen LogP contribution in [-0.4, -0.2) is 20.7 Å². The first-order valence-electron chi connectivity index (χ1n) is 5.89. The lowest BCUT2D eigenvalue weighted by Gasteiger charge is -2.20. The number of rotatable bonds is 6. The first-order chi connectivity index (χ1) is 8.36. The lowest BCUT2D eigenvalue weighted by atomic mass is 10.0. The molecule has 0 bridgehead atoms. The SMILES string of the molecule is Cc1ccc(S(=O)(=O)N[C@H](CC=O)C(C)C)cc1. The maximum absolute atomic E-state index is 12.1. The van der Waals surface area contributed by atoms with Crippen molar-refractivity contribution in [1.29, 1.82) is 0 Å². The molecule has 100 valence electrons. The molecule has 0 spiro atoms. The zero-order chi connectivity index (χ0) is 13.8. The van der Waals surface area contributed by atoms with E-state index in [0.29, 0.717) is 0 Å². The zero-order valence-corrected chi connectivity index (χ0v) is 11.7. The van der Waals surface area contributed by atoms with Gasteiger partial charge in [0.2, 0.25) is 10.0 Å². The number of hydrogen-bond acceptors (Lipinski definition) is 3. The third kappa shape index (κ3) is 3.92. The smallest absolute Gasteiger partial charge is 0.240 e. The quantitative estimate of drug-likeness (QED) is 0.802. The van der Waals surface area contributed by atoms with Crippen molar-refractivity contribution in [2.24, 2.45) is 5.92 Å². The molecule has 0 heterocycles. The summed E-state index contributed by atoms with van der Waals surface area (Å²) in [5.74, 6) is 0.0652. The van der Waals surface area contributed by atoms with Crippen LogP contribution < -0.4 is 4.72 Å². The molecule has 18 heavy (non-hydrogen) atoms. The molecule has 1 aromatic rings. The van der Waals surface area contributed by atoms with Crippen molar-refractivity contribution in [3.8, 4) is 0 Å². The van der Waals surface area contributed by atoms with E-state index in [2.05, 4.69) is 4.72 Å². The Morgan fingerprint density at radius 3 is 2.22 bits per heavy atom. The second-order valence-electron chi connectivity index (χ2n) is 4.69. The number of sulfonamides is 1. The van der Waals surface area contributed by atoms with E-state index in [1.54, 1.807) is 24.3 Å². The Kier molecular flexibility index (Phi) is 5.04. The van der Waals surface area contributed by atoms with Gasteiger partial charge in [-0.2, -0.15) is 0 Å². The van der Waals surface area contributed by atoms with Crippen molar-refractivity contribution in [1.82, 2.24) is 4.72 Å². The predicted octanol–water partition coefficient (Wildman–Crippen LogP) is 1.89. The molecule has 0 saturated heterocycles. The lowest BCUT2D eigenvalue weighted by molar-refractivity contribution is -0.108. The van der Waals surface area contributed by atoms with E-state index in [-0.39, 0.29) is 23.3 Å². The van der Waals surface area contributed by atoms with Crippen LogP contribution in [0, 0.1) is 12.8 Å². The Bertz CT molecular complexity index is 491. The van der Waals surface area contributed by atoms with Crippen LogP contribution in [0.25, 0.3) is 0 Å². The first kappa shape index (κ1) is 14.9. The second kappa shape index (κ2) is 6.11. The molecule has 1 aromatic carbocycles. The molecule has 5 heteroatoms. The number of aldehydes is 1. The Morgan fingerprint density at radius 2 is 1.78 bits per heavy atom. The van der Waals surface area contributed by atoms with Crippen molar-refractivity contribution < 1.29 is 13.2 Å². The minimum Gasteiger partial charge on any atom is -0.303 e. The molecule has 0 unspecified atom stereocenters. The van der Waals surface area contributed by atoms with Crippen LogP contribution in [0.4, 0.5) is 0 Å². The van der Waals surface area contributed by atoms with E-state index in [9.17, 15) is 13.2 Å². The zero-order valence-electron chi connectivity index (χ0n) is 10.9. The first-order valence-corrected chi connectivity index (χ1v) is 7.38. The van der Waals surface area contributed by atoms with Crippen LogP contribution >= 0.6 is 0 Å². The van der Waals surface area contributed by atoms with Crippen molar-refractivity contribution >= 4 is 16.3 Å². The van der Waals surface area contributed by atoms with E-state index in [1.165, 1.54) is 0 Å². The molecule has 0 aliphatic heterocycles. The van der Waals surface area contributed by atoms with E-state index in [1.807, 2.05) is 20.8 Å². The fourth-order valence-corrected chi connectivity index (χ4v) is 2.94. The standard InChI is InChI=1S/C13H19NO3S/c1-10(2)13(8-9-15)14-18(16,17)12-6-4-11(3)5-7-12/h4-7,9-10,13-14H,8H2,1-3H3/t13-/m1/s1. The Hall–Kier alpha value is -1.20. The summed E-state index contributed by atoms with van der Waals surface area (Å²) >= 11 is 0. The lowest BCUT2D eigenvalue weighted by Crippen LogP contribution is -2.38. The number of benzene rings is 1. The maximum atomic E-state index is 12.1. The number of carbonyl (C=O) groups excluding carboxylic acids is 1. The molecule has 0 aliphatic rings. The topological polar surface area (TPSA) is 63.2 Å². The minimum absolute atomic E-state index is 0.0652. The molecule has 4 nitrogen and oxygen atoms in total. The Balaban J connectivity index is 2.93. The fourth-order valence-electron chi connectivity index (χ4n) is 1.54. The van der Waals surface area contributed by atoms with Gasteiger partial charge in [0.1, 0.15) is 6.29 Å². The molecule has 1 N–H and O–H groups in total. The molecular formula is C13H19NO3S. The highest BCUT2D eigenvalue weighted by molar-refractivity contribution is 7.89. The average Bonchev–Trinajstić information content (AvgIpc) is 2.28. The minimum atomic E-state index is -3.55. The van der Waals surface area contributed by atoms with Gasteiger partial charge in [0, 0.05) is 12.5 Å². The molecule has 0 fully saturated rings. The van der Waals surface area contributed by atoms with Gasteiger partial charge in [-0.05, 0) is 25.0 Å². The summed E-state index contributed by atoms with van der Waals surface area (Å²) in [6.45, 7) is 5.66. The summed E-state index contributed by atoms with van der Waals surface area (Å²) in [4.78, 5) is 10.8. The number of nitrogens with one attached hydrogen (secondary N) is 1. The highest BCUT2D eigenvalue weighted by atomic mass is 32.2. The van der Waals surface area contributed by atoms with Gasteiger partial charge in [-0.15, -0.1) is 0 Å². The molecule has 0 aliphatic carbocycles. The molecule has 1 rings (SSSR count). The summed E-state index contributed by atoms with van der Waals surface area (Å²) in [7, 11) is -3.55. The van der Waals surface area contributed by atoms with Crippen molar-refractivity contribution in [2.45, 2.75) is 38.1 Å². The van der Waals surface area contributed by atoms with Gasteiger partial charge in [-0.1, -0.05) is 31.5 Å². The number of hydrogen-bond donors (Lipinski definition) is 1. The predicted molar refractivity (Wildman–Crippen MR) is 70.8 cm³/mol. The van der Waals surface area contributed by atoms with Crippen LogP contribution in [0.5, 0.6) is 0 Å². The third-order valence-electron chi connectivity index (χ3n) is 2.79. The largest absolute Gasteiger partial charge is 0.303 e. The van der Waals surface area contributed by atoms with Gasteiger partial charge in [-0.25, -0.2) is 13.1 Å². The van der Waals surface area contributed by atoms with Gasteiger partial charge in [0.05, 0.1) is 4.90 Å². The average molecular weight is 269 g/mol. The van der Waals surface area contributed by atoms with E-state index >= 15 is 0 Å². The van der Waals surface area contributed by atoms with Gasteiger partial charge >= 0.3 is 0 Å². The van der Waals surface area contributed by atoms with Crippen molar-refractivity contribution in [3.05, 3.63) is 29.8 Å². The molecular weight excluding hydrogens is 250 g/mol. The van der Waals surface area contributed by atoms with Gasteiger partial charge in [0.15, 0.2) is 0 Å². The Labute approximate surface area is 108 Å². The summed E-state index contributed by atoms with van der Waals surface area (Å²) < 4.78 is 26.8. The molecule has 0 aromatic heterocycles.